The lowest BCUT2D eigenvalue weighted by atomic mass is 9.83. The first kappa shape index (κ1) is 20.7. The van der Waals surface area contributed by atoms with Crippen LogP contribution in [0.5, 0.6) is 0 Å². The maximum atomic E-state index is 9.48. The second-order valence-electron chi connectivity index (χ2n) is 12.5. The van der Waals surface area contributed by atoms with Crippen LogP contribution < -0.4 is 0 Å². The molecule has 0 bridgehead atoms. The fourth-order valence-corrected chi connectivity index (χ4v) is 7.81. The molecule has 0 radical (unpaired) electrons. The van der Waals surface area contributed by atoms with Crippen LogP contribution in [-0.4, -0.2) is 0 Å². The summed E-state index contributed by atoms with van der Waals surface area (Å²) in [6, 6.07) is 35.6. The molecule has 0 N–H and O–H groups in total. The Morgan fingerprint density at radius 1 is 0.340 bits per heavy atom. The van der Waals surface area contributed by atoms with Crippen LogP contribution >= 0.6 is 0 Å². The molecule has 0 saturated carbocycles. The molecule has 0 fully saturated rings. The summed E-state index contributed by atoms with van der Waals surface area (Å²) in [6.07, 6.45) is 0. The van der Waals surface area contributed by atoms with E-state index in [0.717, 1.165) is 49.0 Å². The molecule has 50 heavy (non-hydrogen) atoms. The summed E-state index contributed by atoms with van der Waals surface area (Å²) < 4.78 is 86.2. The zero-order chi connectivity index (χ0) is 39.7. The lowest BCUT2D eigenvalue weighted by Gasteiger charge is -2.19. The fourth-order valence-electron chi connectivity index (χ4n) is 7.81. The third-order valence-corrected chi connectivity index (χ3v) is 9.92. The van der Waals surface area contributed by atoms with E-state index >= 15 is 0 Å². The zero-order valence-electron chi connectivity index (χ0n) is 34.4. The van der Waals surface area contributed by atoms with Crippen LogP contribution in [-0.2, 0) is 0 Å². The molecule has 2 aromatic heterocycles. The third-order valence-electron chi connectivity index (χ3n) is 9.92. The van der Waals surface area contributed by atoms with E-state index in [1.54, 1.807) is 6.07 Å². The number of benzene rings is 9. The number of hydrogen-bond donors (Lipinski definition) is 0. The smallest absolute Gasteiger partial charge is 0.136 e. The fraction of sp³-hybridized carbons (Fsp3) is 0. The topological polar surface area (TPSA) is 26.3 Å². The van der Waals surface area contributed by atoms with Crippen molar-refractivity contribution in [3.63, 3.8) is 0 Å². The van der Waals surface area contributed by atoms with Crippen molar-refractivity contribution in [3.05, 3.63) is 170 Å². The molecule has 0 spiro atoms. The predicted octanol–water partition coefficient (Wildman–Crippen LogP) is 13.9. The summed E-state index contributed by atoms with van der Waals surface area (Å²) in [5, 5.41) is 5.78. The Balaban J connectivity index is 1.31. The Kier molecular flexibility index (Phi) is 4.31. The van der Waals surface area contributed by atoms with Crippen molar-refractivity contribution in [1.29, 1.82) is 0 Å². The lowest BCUT2D eigenvalue weighted by molar-refractivity contribution is 0.663. The van der Waals surface area contributed by atoms with Crippen molar-refractivity contribution in [2.45, 2.75) is 0 Å². The summed E-state index contributed by atoms with van der Waals surface area (Å²) in [7, 11) is 0. The summed E-state index contributed by atoms with van der Waals surface area (Å²) >= 11 is 0. The average molecular weight is 645 g/mol. The number of furan rings is 2. The van der Waals surface area contributed by atoms with E-state index in [-0.39, 0.29) is 51.3 Å². The first-order valence-electron chi connectivity index (χ1n) is 20.4. The van der Waals surface area contributed by atoms with Gasteiger partial charge >= 0.3 is 0 Å². The van der Waals surface area contributed by atoms with Gasteiger partial charge in [-0.15, -0.1) is 0 Å². The van der Waals surface area contributed by atoms with Gasteiger partial charge in [0.05, 0.1) is 11.0 Å². The highest BCUT2D eigenvalue weighted by atomic mass is 16.3. The van der Waals surface area contributed by atoms with Gasteiger partial charge in [0.15, 0.2) is 0 Å². The van der Waals surface area contributed by atoms with Crippen LogP contribution in [0, 0.1) is 0 Å². The van der Waals surface area contributed by atoms with Gasteiger partial charge in [0.2, 0.25) is 0 Å². The van der Waals surface area contributed by atoms with Crippen molar-refractivity contribution in [2.75, 3.05) is 0 Å². The van der Waals surface area contributed by atoms with Gasteiger partial charge in [-0.2, -0.15) is 0 Å². The molecular formula is C48H28O2. The maximum Gasteiger partial charge on any atom is 0.136 e. The molecule has 0 saturated heterocycles. The summed E-state index contributed by atoms with van der Waals surface area (Å²) in [4.78, 5) is 0. The van der Waals surface area contributed by atoms with Crippen molar-refractivity contribution < 1.29 is 19.8 Å². The van der Waals surface area contributed by atoms with Crippen molar-refractivity contribution in [3.8, 4) is 33.4 Å². The molecule has 9 aromatic carbocycles. The van der Waals surface area contributed by atoms with Gasteiger partial charge in [-0.25, -0.2) is 0 Å². The van der Waals surface area contributed by atoms with Crippen LogP contribution in [0.2, 0.25) is 0 Å². The van der Waals surface area contributed by atoms with Crippen molar-refractivity contribution in [2.24, 2.45) is 0 Å². The van der Waals surface area contributed by atoms with Crippen LogP contribution in [0.25, 0.3) is 110 Å². The molecule has 0 aliphatic heterocycles. The number of fused-ring (bicyclic) bond motifs is 10. The van der Waals surface area contributed by atoms with Crippen LogP contribution in [0.1, 0.15) is 11.0 Å². The van der Waals surface area contributed by atoms with Crippen LogP contribution in [0.3, 0.4) is 0 Å². The molecular weight excluding hydrogens is 609 g/mol. The normalized spacial score (nSPS) is 14.2. The van der Waals surface area contributed by atoms with Crippen molar-refractivity contribution >= 4 is 76.2 Å². The molecule has 0 aliphatic rings. The van der Waals surface area contributed by atoms with E-state index in [4.69, 9.17) is 14.3 Å². The van der Waals surface area contributed by atoms with Gasteiger partial charge in [0.1, 0.15) is 22.3 Å². The number of para-hydroxylation sites is 1. The van der Waals surface area contributed by atoms with E-state index in [2.05, 4.69) is 0 Å². The van der Waals surface area contributed by atoms with Gasteiger partial charge in [0, 0.05) is 21.5 Å². The maximum absolute atomic E-state index is 9.48. The van der Waals surface area contributed by atoms with Crippen LogP contribution in [0.15, 0.2) is 179 Å². The SMILES string of the molecule is [2H]c1c([2H])c([2H])c2c(-c3ccc(-c4ccccc4)c4ccccc34)c3c([2H])c([2H])c([2H])c([2H])c3c(-c3ccc4c(c3)oc3ccc5oc6ccccc6c5c34)c2c1[2H]. The quantitative estimate of drug-likeness (QED) is 0.179. The average Bonchev–Trinajstić information content (AvgIpc) is 3.83. The number of rotatable bonds is 3. The van der Waals surface area contributed by atoms with Gasteiger partial charge in [-0.3, -0.25) is 0 Å². The third kappa shape index (κ3) is 3.85. The van der Waals surface area contributed by atoms with E-state index in [1.165, 1.54) is 0 Å². The molecule has 2 heteroatoms. The standard InChI is InChI=1S/C48H28O2/c1-2-12-29(13-3-1)31-24-25-38(33-15-5-4-14-32(31)33)46-36-18-8-6-16-34(36)45(35-17-7-9-19-37(35)46)30-22-23-40-44(28-30)50-43-27-26-42-47(48(40)43)39-20-10-11-21-41(39)49-42/h1-28H/i6D,7D,8D,9D,16D,17D,18D,19D. The largest absolute Gasteiger partial charge is 0.456 e. The molecule has 2 heterocycles. The Morgan fingerprint density at radius 3 is 1.54 bits per heavy atom. The lowest BCUT2D eigenvalue weighted by Crippen LogP contribution is -1.92. The zero-order valence-corrected chi connectivity index (χ0v) is 26.4. The summed E-state index contributed by atoms with van der Waals surface area (Å²) in [6.45, 7) is 0. The van der Waals surface area contributed by atoms with Gasteiger partial charge < -0.3 is 8.83 Å². The van der Waals surface area contributed by atoms with Gasteiger partial charge in [0.25, 0.3) is 0 Å². The monoisotopic (exact) mass is 644 g/mol. The first-order valence-corrected chi connectivity index (χ1v) is 16.4. The van der Waals surface area contributed by atoms with E-state index in [1.807, 2.05) is 115 Å². The molecule has 0 amide bonds. The van der Waals surface area contributed by atoms with E-state index in [9.17, 15) is 5.48 Å². The molecule has 232 valence electrons. The molecule has 0 atom stereocenters. The molecule has 0 unspecified atom stereocenters. The van der Waals surface area contributed by atoms with E-state index < -0.39 is 24.2 Å². The second kappa shape index (κ2) is 10.4. The highest BCUT2D eigenvalue weighted by Gasteiger charge is 2.21. The van der Waals surface area contributed by atoms with Gasteiger partial charge in [-0.05, 0) is 96.0 Å². The highest BCUT2D eigenvalue weighted by molar-refractivity contribution is 6.27. The summed E-state index contributed by atoms with van der Waals surface area (Å²) in [5.74, 6) is 0. The minimum atomic E-state index is -0.451. The van der Waals surface area contributed by atoms with E-state index in [0.29, 0.717) is 33.4 Å². The highest BCUT2D eigenvalue weighted by Crippen LogP contribution is 2.47. The van der Waals surface area contributed by atoms with Crippen LogP contribution in [0.4, 0.5) is 0 Å². The minimum Gasteiger partial charge on any atom is -0.456 e. The minimum absolute atomic E-state index is 0.147. The molecule has 11 rings (SSSR count). The second-order valence-corrected chi connectivity index (χ2v) is 12.5. The molecule has 0 aliphatic carbocycles. The Hall–Kier alpha value is -6.64. The Labute approximate surface area is 298 Å². The molecule has 2 nitrogen and oxygen atoms in total. The van der Waals surface area contributed by atoms with Crippen molar-refractivity contribution in [1.82, 2.24) is 0 Å². The van der Waals surface area contributed by atoms with Gasteiger partial charge in [-0.1, -0.05) is 139 Å². The Bertz CT molecular complexity index is 3530. The number of hydrogen-bond acceptors (Lipinski definition) is 2. The Morgan fingerprint density at radius 2 is 0.860 bits per heavy atom. The summed E-state index contributed by atoms with van der Waals surface area (Å²) in [5.41, 5.74) is 6.16. The molecule has 11 aromatic rings. The first-order chi connectivity index (χ1) is 28.1. The predicted molar refractivity (Wildman–Crippen MR) is 210 cm³/mol.